The van der Waals surface area contributed by atoms with Crippen LogP contribution in [0.15, 0.2) is 24.3 Å². The average Bonchev–Trinajstić information content (AvgIpc) is 2.70. The van der Waals surface area contributed by atoms with Crippen molar-refractivity contribution < 1.29 is 4.79 Å². The summed E-state index contributed by atoms with van der Waals surface area (Å²) in [6.45, 7) is 9.46. The number of benzene rings is 1. The molecule has 0 bridgehead atoms. The van der Waals surface area contributed by atoms with Gasteiger partial charge in [0.05, 0.1) is 0 Å². The summed E-state index contributed by atoms with van der Waals surface area (Å²) in [5.74, 6) is 0.226. The van der Waals surface area contributed by atoms with Gasteiger partial charge in [0.1, 0.15) is 0 Å². The van der Waals surface area contributed by atoms with Crippen molar-refractivity contribution in [1.82, 2.24) is 5.32 Å². The van der Waals surface area contributed by atoms with Gasteiger partial charge in [0.15, 0.2) is 0 Å². The third kappa shape index (κ3) is 2.84. The third-order valence-corrected chi connectivity index (χ3v) is 4.86. The van der Waals surface area contributed by atoms with E-state index in [1.165, 1.54) is 5.56 Å². The molecule has 112 valence electrons. The zero-order chi connectivity index (χ0) is 14.3. The number of hydrogen-bond acceptors (Lipinski definition) is 2. The van der Waals surface area contributed by atoms with Crippen LogP contribution in [-0.2, 0) is 11.3 Å². The van der Waals surface area contributed by atoms with Crippen molar-refractivity contribution >= 4 is 24.0 Å². The standard InChI is InChI=1S/C16H24N2O.ClH/c1-15(2)13(16(15,3)4)14(19)18-12-8-6-7-11(9-12)10-17-5;/h6-9,13,17H,10H2,1-5H3,(H,18,19);1H. The summed E-state index contributed by atoms with van der Waals surface area (Å²) in [6, 6.07) is 8.00. The lowest BCUT2D eigenvalue weighted by Gasteiger charge is -2.08. The molecular weight excluding hydrogens is 272 g/mol. The first kappa shape index (κ1) is 17.0. The summed E-state index contributed by atoms with van der Waals surface area (Å²) in [4.78, 5) is 12.3. The molecule has 1 aliphatic carbocycles. The maximum absolute atomic E-state index is 12.3. The fourth-order valence-electron chi connectivity index (χ4n) is 3.03. The molecule has 1 fully saturated rings. The van der Waals surface area contributed by atoms with Crippen LogP contribution >= 0.6 is 12.4 Å². The van der Waals surface area contributed by atoms with Crippen LogP contribution in [0.1, 0.15) is 33.3 Å². The maximum atomic E-state index is 12.3. The Morgan fingerprint density at radius 1 is 1.20 bits per heavy atom. The van der Waals surface area contributed by atoms with Crippen LogP contribution in [0.3, 0.4) is 0 Å². The van der Waals surface area contributed by atoms with Crippen molar-refractivity contribution in [1.29, 1.82) is 0 Å². The fraction of sp³-hybridized carbons (Fsp3) is 0.562. The van der Waals surface area contributed by atoms with Crippen LogP contribution in [0.5, 0.6) is 0 Å². The molecule has 0 spiro atoms. The molecule has 0 aliphatic heterocycles. The van der Waals surface area contributed by atoms with Crippen LogP contribution < -0.4 is 10.6 Å². The fourth-order valence-corrected chi connectivity index (χ4v) is 3.03. The summed E-state index contributed by atoms with van der Waals surface area (Å²) in [7, 11) is 1.92. The van der Waals surface area contributed by atoms with Crippen molar-refractivity contribution in [3.05, 3.63) is 29.8 Å². The van der Waals surface area contributed by atoms with E-state index in [2.05, 4.69) is 44.4 Å². The van der Waals surface area contributed by atoms with Crippen LogP contribution in [-0.4, -0.2) is 13.0 Å². The number of carbonyl (C=O) groups is 1. The van der Waals surface area contributed by atoms with Crippen molar-refractivity contribution in [3.63, 3.8) is 0 Å². The molecule has 1 aliphatic rings. The van der Waals surface area contributed by atoms with Gasteiger partial charge in [-0.1, -0.05) is 39.8 Å². The summed E-state index contributed by atoms with van der Waals surface area (Å²) in [6.07, 6.45) is 0. The molecule has 0 unspecified atom stereocenters. The first-order valence-corrected chi connectivity index (χ1v) is 6.85. The van der Waals surface area contributed by atoms with Gasteiger partial charge in [0.25, 0.3) is 0 Å². The van der Waals surface area contributed by atoms with Gasteiger partial charge < -0.3 is 10.6 Å². The molecule has 1 amide bonds. The monoisotopic (exact) mass is 296 g/mol. The average molecular weight is 297 g/mol. The highest BCUT2D eigenvalue weighted by Crippen LogP contribution is 2.68. The van der Waals surface area contributed by atoms with Crippen LogP contribution in [0.4, 0.5) is 5.69 Å². The Kier molecular flexibility index (Phi) is 4.88. The topological polar surface area (TPSA) is 41.1 Å². The van der Waals surface area contributed by atoms with E-state index in [1.807, 2.05) is 25.2 Å². The number of amides is 1. The lowest BCUT2D eigenvalue weighted by molar-refractivity contribution is -0.118. The van der Waals surface area contributed by atoms with Gasteiger partial charge in [-0.3, -0.25) is 4.79 Å². The van der Waals surface area contributed by atoms with E-state index in [0.29, 0.717) is 0 Å². The minimum atomic E-state index is 0. The second kappa shape index (κ2) is 5.74. The SMILES string of the molecule is CNCc1cccc(NC(=O)C2C(C)(C)C2(C)C)c1.Cl. The minimum Gasteiger partial charge on any atom is -0.326 e. The van der Waals surface area contributed by atoms with E-state index in [-0.39, 0.29) is 35.1 Å². The van der Waals surface area contributed by atoms with Gasteiger partial charge in [-0.25, -0.2) is 0 Å². The van der Waals surface area contributed by atoms with Crippen molar-refractivity contribution in [2.24, 2.45) is 16.7 Å². The van der Waals surface area contributed by atoms with Gasteiger partial charge >= 0.3 is 0 Å². The Balaban J connectivity index is 0.00000200. The Morgan fingerprint density at radius 3 is 2.30 bits per heavy atom. The molecule has 0 heterocycles. The van der Waals surface area contributed by atoms with E-state index in [9.17, 15) is 4.79 Å². The molecule has 0 atom stereocenters. The predicted molar refractivity (Wildman–Crippen MR) is 86.1 cm³/mol. The Hall–Kier alpha value is -1.06. The molecular formula is C16H25ClN2O. The van der Waals surface area contributed by atoms with E-state index in [0.717, 1.165) is 12.2 Å². The zero-order valence-corrected chi connectivity index (χ0v) is 13.7. The summed E-state index contributed by atoms with van der Waals surface area (Å²) < 4.78 is 0. The van der Waals surface area contributed by atoms with Gasteiger partial charge in [-0.05, 0) is 35.6 Å². The molecule has 1 aromatic carbocycles. The molecule has 0 saturated heterocycles. The van der Waals surface area contributed by atoms with E-state index >= 15 is 0 Å². The Labute approximate surface area is 127 Å². The minimum absolute atomic E-state index is 0. The number of rotatable bonds is 4. The molecule has 4 heteroatoms. The number of nitrogens with one attached hydrogen (secondary N) is 2. The lowest BCUT2D eigenvalue weighted by atomic mass is 10.0. The van der Waals surface area contributed by atoms with Crippen LogP contribution in [0, 0.1) is 16.7 Å². The highest BCUT2D eigenvalue weighted by atomic mass is 35.5. The first-order chi connectivity index (χ1) is 8.80. The molecule has 1 saturated carbocycles. The van der Waals surface area contributed by atoms with Gasteiger partial charge in [0.2, 0.25) is 5.91 Å². The molecule has 2 rings (SSSR count). The number of carbonyl (C=O) groups excluding carboxylic acids is 1. The van der Waals surface area contributed by atoms with E-state index in [4.69, 9.17) is 0 Å². The molecule has 0 radical (unpaired) electrons. The largest absolute Gasteiger partial charge is 0.326 e. The Morgan fingerprint density at radius 2 is 1.80 bits per heavy atom. The van der Waals surface area contributed by atoms with Crippen LogP contribution in [0.2, 0.25) is 0 Å². The quantitative estimate of drug-likeness (QED) is 0.893. The van der Waals surface area contributed by atoms with Gasteiger partial charge in [0, 0.05) is 18.2 Å². The zero-order valence-electron chi connectivity index (χ0n) is 12.9. The normalized spacial score (nSPS) is 19.1. The molecule has 2 N–H and O–H groups in total. The van der Waals surface area contributed by atoms with Crippen LogP contribution in [0.25, 0.3) is 0 Å². The Bertz CT molecular complexity index is 483. The van der Waals surface area contributed by atoms with Gasteiger partial charge in [-0.15, -0.1) is 12.4 Å². The molecule has 20 heavy (non-hydrogen) atoms. The van der Waals surface area contributed by atoms with Crippen molar-refractivity contribution in [2.45, 2.75) is 34.2 Å². The second-order valence-electron chi connectivity index (χ2n) is 6.60. The van der Waals surface area contributed by atoms with E-state index < -0.39 is 0 Å². The molecule has 0 aromatic heterocycles. The third-order valence-electron chi connectivity index (χ3n) is 4.86. The van der Waals surface area contributed by atoms with Crippen molar-refractivity contribution in [2.75, 3.05) is 12.4 Å². The smallest absolute Gasteiger partial charge is 0.228 e. The summed E-state index contributed by atoms with van der Waals surface area (Å²) in [5.41, 5.74) is 2.23. The molecule has 3 nitrogen and oxygen atoms in total. The van der Waals surface area contributed by atoms with Gasteiger partial charge in [-0.2, -0.15) is 0 Å². The lowest BCUT2D eigenvalue weighted by Crippen LogP contribution is -2.18. The number of anilines is 1. The number of hydrogen-bond donors (Lipinski definition) is 2. The van der Waals surface area contributed by atoms with E-state index in [1.54, 1.807) is 0 Å². The summed E-state index contributed by atoms with van der Waals surface area (Å²) >= 11 is 0. The maximum Gasteiger partial charge on any atom is 0.228 e. The summed E-state index contributed by atoms with van der Waals surface area (Å²) in [5, 5.41) is 6.16. The highest BCUT2D eigenvalue weighted by molar-refractivity contribution is 5.96. The first-order valence-electron chi connectivity index (χ1n) is 6.85. The van der Waals surface area contributed by atoms with Crippen molar-refractivity contribution in [3.8, 4) is 0 Å². The second-order valence-corrected chi connectivity index (χ2v) is 6.60. The number of halogens is 1. The predicted octanol–water partition coefficient (Wildman–Crippen LogP) is 3.45. The molecule has 1 aromatic rings. The highest BCUT2D eigenvalue weighted by Gasteiger charge is 2.68.